The summed E-state index contributed by atoms with van der Waals surface area (Å²) in [5.41, 5.74) is 1.69. The second-order valence-corrected chi connectivity index (χ2v) is 3.50. The van der Waals surface area contributed by atoms with Gasteiger partial charge in [0.05, 0.1) is 25.7 Å². The normalized spacial score (nSPS) is 9.78. The van der Waals surface area contributed by atoms with Crippen molar-refractivity contribution >= 4 is 11.7 Å². The van der Waals surface area contributed by atoms with Crippen LogP contribution in [0.25, 0.3) is 10.5 Å². The van der Waals surface area contributed by atoms with Crippen LogP contribution in [0.3, 0.4) is 0 Å². The third-order valence-electron chi connectivity index (χ3n) is 2.38. The van der Waals surface area contributed by atoms with Crippen LogP contribution in [0.2, 0.25) is 0 Å². The molecule has 0 aliphatic carbocycles. The summed E-state index contributed by atoms with van der Waals surface area (Å²) in [5.74, 6) is -0.413. The molecule has 0 bridgehead atoms. The largest absolute Gasteiger partial charge is 0.461 e. The Bertz CT molecular complexity index is 593. The van der Waals surface area contributed by atoms with Crippen molar-refractivity contribution in [2.24, 2.45) is 0 Å². The molecule has 0 aliphatic rings. The lowest BCUT2D eigenvalue weighted by Gasteiger charge is -2.07. The fourth-order valence-corrected chi connectivity index (χ4v) is 1.54. The molecule has 0 spiro atoms. The predicted octanol–water partition coefficient (Wildman–Crippen LogP) is 2.60. The predicted molar refractivity (Wildman–Crippen MR) is 65.8 cm³/mol. The van der Waals surface area contributed by atoms with Crippen molar-refractivity contribution in [1.82, 2.24) is 9.55 Å². The minimum atomic E-state index is -0.413. The summed E-state index contributed by atoms with van der Waals surface area (Å²) < 4.78 is 6.58. The van der Waals surface area contributed by atoms with E-state index in [4.69, 9.17) is 11.3 Å². The van der Waals surface area contributed by atoms with E-state index >= 15 is 0 Å². The van der Waals surface area contributed by atoms with Gasteiger partial charge in [0.2, 0.25) is 0 Å². The Morgan fingerprint density at radius 3 is 2.78 bits per heavy atom. The van der Waals surface area contributed by atoms with E-state index in [1.807, 2.05) is 0 Å². The standard InChI is InChI=1S/C13H11N3O2/c1-3-18-13(17)12-8-15-9-16(12)11-6-4-10(14-2)5-7-11/h4-9H,3H2,1H3. The molecule has 1 aromatic carbocycles. The Labute approximate surface area is 104 Å². The number of carbonyl (C=O) groups excluding carboxylic acids is 1. The van der Waals surface area contributed by atoms with E-state index in [1.165, 1.54) is 6.20 Å². The summed E-state index contributed by atoms with van der Waals surface area (Å²) >= 11 is 0. The lowest BCUT2D eigenvalue weighted by atomic mass is 10.3. The molecule has 2 aromatic rings. The first-order valence-electron chi connectivity index (χ1n) is 5.43. The van der Waals surface area contributed by atoms with Crippen molar-refractivity contribution in [3.63, 3.8) is 0 Å². The van der Waals surface area contributed by atoms with Crippen molar-refractivity contribution < 1.29 is 9.53 Å². The molecule has 0 N–H and O–H groups in total. The van der Waals surface area contributed by atoms with E-state index in [1.54, 1.807) is 42.1 Å². The van der Waals surface area contributed by atoms with Crippen LogP contribution in [0.1, 0.15) is 17.4 Å². The van der Waals surface area contributed by atoms with E-state index in [0.29, 0.717) is 18.0 Å². The number of carbonyl (C=O) groups is 1. The van der Waals surface area contributed by atoms with Gasteiger partial charge in [-0.1, -0.05) is 12.1 Å². The fraction of sp³-hybridized carbons (Fsp3) is 0.154. The number of benzene rings is 1. The highest BCUT2D eigenvalue weighted by molar-refractivity contribution is 5.88. The molecule has 18 heavy (non-hydrogen) atoms. The van der Waals surface area contributed by atoms with Gasteiger partial charge in [0.25, 0.3) is 0 Å². The Morgan fingerprint density at radius 2 is 2.17 bits per heavy atom. The van der Waals surface area contributed by atoms with E-state index in [-0.39, 0.29) is 0 Å². The molecule has 90 valence electrons. The van der Waals surface area contributed by atoms with Crippen LogP contribution in [0, 0.1) is 6.57 Å². The molecular formula is C13H11N3O2. The third-order valence-corrected chi connectivity index (χ3v) is 2.38. The maximum atomic E-state index is 11.7. The molecule has 2 rings (SSSR count). The van der Waals surface area contributed by atoms with Crippen LogP contribution < -0.4 is 0 Å². The van der Waals surface area contributed by atoms with E-state index < -0.39 is 5.97 Å². The smallest absolute Gasteiger partial charge is 0.356 e. The zero-order valence-electron chi connectivity index (χ0n) is 9.83. The van der Waals surface area contributed by atoms with Crippen LogP contribution in [0.5, 0.6) is 0 Å². The van der Waals surface area contributed by atoms with E-state index in [9.17, 15) is 4.79 Å². The minimum Gasteiger partial charge on any atom is -0.461 e. The van der Waals surface area contributed by atoms with Crippen molar-refractivity contribution in [1.29, 1.82) is 0 Å². The summed E-state index contributed by atoms with van der Waals surface area (Å²) in [5, 5.41) is 0. The molecule has 0 radical (unpaired) electrons. The summed E-state index contributed by atoms with van der Waals surface area (Å²) in [4.78, 5) is 19.0. The van der Waals surface area contributed by atoms with Crippen LogP contribution in [0.15, 0.2) is 36.8 Å². The molecule has 0 amide bonds. The summed E-state index contributed by atoms with van der Waals surface area (Å²) in [6, 6.07) is 6.91. The Morgan fingerprint density at radius 1 is 1.44 bits per heavy atom. The average Bonchev–Trinajstić information content (AvgIpc) is 2.88. The van der Waals surface area contributed by atoms with Gasteiger partial charge in [0.15, 0.2) is 11.4 Å². The summed E-state index contributed by atoms with van der Waals surface area (Å²) in [7, 11) is 0. The molecule has 0 saturated carbocycles. The Hall–Kier alpha value is -2.61. The molecule has 1 aromatic heterocycles. The zero-order chi connectivity index (χ0) is 13.0. The number of hydrogen-bond acceptors (Lipinski definition) is 3. The van der Waals surface area contributed by atoms with Crippen molar-refractivity contribution in [3.8, 4) is 5.69 Å². The second kappa shape index (κ2) is 5.15. The van der Waals surface area contributed by atoms with Crippen molar-refractivity contribution in [3.05, 3.63) is 53.9 Å². The molecule has 0 aliphatic heterocycles. The van der Waals surface area contributed by atoms with Crippen LogP contribution in [0.4, 0.5) is 5.69 Å². The number of ether oxygens (including phenoxy) is 1. The highest BCUT2D eigenvalue weighted by Gasteiger charge is 2.13. The van der Waals surface area contributed by atoms with Crippen molar-refractivity contribution in [2.75, 3.05) is 6.61 Å². The van der Waals surface area contributed by atoms with Gasteiger partial charge in [-0.25, -0.2) is 14.6 Å². The van der Waals surface area contributed by atoms with Crippen molar-refractivity contribution in [2.45, 2.75) is 6.92 Å². The number of aromatic nitrogens is 2. The first-order chi connectivity index (χ1) is 8.76. The molecule has 0 fully saturated rings. The number of nitrogens with zero attached hydrogens (tertiary/aromatic N) is 3. The van der Waals surface area contributed by atoms with Gasteiger partial charge < -0.3 is 4.74 Å². The number of rotatable bonds is 3. The first-order valence-corrected chi connectivity index (χ1v) is 5.43. The maximum Gasteiger partial charge on any atom is 0.356 e. The van der Waals surface area contributed by atoms with Gasteiger partial charge >= 0.3 is 5.97 Å². The average molecular weight is 241 g/mol. The fourth-order valence-electron chi connectivity index (χ4n) is 1.54. The maximum absolute atomic E-state index is 11.7. The Kier molecular flexibility index (Phi) is 3.39. The number of hydrogen-bond donors (Lipinski definition) is 0. The summed E-state index contributed by atoms with van der Waals surface area (Å²) in [6.45, 7) is 8.96. The van der Waals surface area contributed by atoms with Crippen LogP contribution in [-0.4, -0.2) is 22.1 Å². The highest BCUT2D eigenvalue weighted by Crippen LogP contribution is 2.17. The van der Waals surface area contributed by atoms with Crippen LogP contribution >= 0.6 is 0 Å². The molecule has 0 unspecified atom stereocenters. The van der Waals surface area contributed by atoms with Gasteiger partial charge in [-0.05, 0) is 19.1 Å². The third kappa shape index (κ3) is 2.23. The highest BCUT2D eigenvalue weighted by atomic mass is 16.5. The second-order valence-electron chi connectivity index (χ2n) is 3.50. The van der Waals surface area contributed by atoms with Crippen LogP contribution in [-0.2, 0) is 4.74 Å². The topological polar surface area (TPSA) is 48.5 Å². The molecule has 5 nitrogen and oxygen atoms in total. The minimum absolute atomic E-state index is 0.320. The number of imidazole rings is 1. The lowest BCUT2D eigenvalue weighted by Crippen LogP contribution is -2.10. The first kappa shape index (κ1) is 11.9. The number of esters is 1. The van der Waals surface area contributed by atoms with E-state index in [0.717, 1.165) is 5.69 Å². The molecule has 0 saturated heterocycles. The monoisotopic (exact) mass is 241 g/mol. The van der Waals surface area contributed by atoms with Gasteiger partial charge in [0.1, 0.15) is 0 Å². The van der Waals surface area contributed by atoms with Gasteiger partial charge in [0, 0.05) is 5.69 Å². The molecule has 0 atom stereocenters. The van der Waals surface area contributed by atoms with Gasteiger partial charge in [-0.2, -0.15) is 0 Å². The molecule has 1 heterocycles. The van der Waals surface area contributed by atoms with Gasteiger partial charge in [-0.15, -0.1) is 0 Å². The Balaban J connectivity index is 2.36. The SMILES string of the molecule is [C-]#[N+]c1ccc(-n2cncc2C(=O)OCC)cc1. The summed E-state index contributed by atoms with van der Waals surface area (Å²) in [6.07, 6.45) is 3.00. The lowest BCUT2D eigenvalue weighted by molar-refractivity contribution is 0.0517. The van der Waals surface area contributed by atoms with Gasteiger partial charge in [-0.3, -0.25) is 4.57 Å². The molecular weight excluding hydrogens is 230 g/mol. The quantitative estimate of drug-likeness (QED) is 0.613. The zero-order valence-corrected chi connectivity index (χ0v) is 9.83. The molecule has 5 heteroatoms. The van der Waals surface area contributed by atoms with E-state index in [2.05, 4.69) is 9.83 Å².